The maximum Gasteiger partial charge on any atom is 0.285 e. The molecule has 0 aliphatic rings. The number of nitrogens with zero attached hydrogens (tertiary/aromatic N) is 3. The summed E-state index contributed by atoms with van der Waals surface area (Å²) < 4.78 is 1.33. The van der Waals surface area contributed by atoms with Crippen LogP contribution in [0.3, 0.4) is 0 Å². The summed E-state index contributed by atoms with van der Waals surface area (Å²) in [5, 5.41) is 5.07. The van der Waals surface area contributed by atoms with Crippen molar-refractivity contribution < 1.29 is 9.59 Å². The SMILES string of the molecule is CC(C)(C)c1ccc(-c2csc(NC(=O)Cn3cnc(N)c3C(=O)NN)n2)cc1. The Balaban J connectivity index is 1.69. The minimum absolute atomic E-state index is 0.00371. The zero-order valence-electron chi connectivity index (χ0n) is 16.4. The summed E-state index contributed by atoms with van der Waals surface area (Å²) in [5.41, 5.74) is 10.7. The van der Waals surface area contributed by atoms with E-state index in [2.05, 4.69) is 48.2 Å². The van der Waals surface area contributed by atoms with E-state index in [1.165, 1.54) is 27.8 Å². The van der Waals surface area contributed by atoms with E-state index in [-0.39, 0.29) is 29.4 Å². The summed E-state index contributed by atoms with van der Waals surface area (Å²) in [5.74, 6) is 4.15. The first-order valence-corrected chi connectivity index (χ1v) is 9.75. The number of nitrogens with one attached hydrogen (secondary N) is 2. The maximum absolute atomic E-state index is 12.4. The number of carbonyl (C=O) groups is 2. The van der Waals surface area contributed by atoms with Gasteiger partial charge in [0.1, 0.15) is 6.54 Å². The average molecular weight is 414 g/mol. The van der Waals surface area contributed by atoms with Crippen molar-refractivity contribution in [3.05, 3.63) is 47.2 Å². The van der Waals surface area contributed by atoms with Gasteiger partial charge < -0.3 is 15.6 Å². The van der Waals surface area contributed by atoms with Crippen LogP contribution < -0.4 is 22.3 Å². The second-order valence-electron chi connectivity index (χ2n) is 7.49. The van der Waals surface area contributed by atoms with Crippen molar-refractivity contribution in [3.63, 3.8) is 0 Å². The summed E-state index contributed by atoms with van der Waals surface area (Å²) in [7, 11) is 0. The van der Waals surface area contributed by atoms with Crippen molar-refractivity contribution in [3.8, 4) is 11.3 Å². The molecule has 6 N–H and O–H groups in total. The number of amides is 2. The molecule has 0 saturated carbocycles. The van der Waals surface area contributed by atoms with Crippen LogP contribution >= 0.6 is 11.3 Å². The Morgan fingerprint density at radius 2 is 1.90 bits per heavy atom. The first kappa shape index (κ1) is 20.5. The Morgan fingerprint density at radius 3 is 2.52 bits per heavy atom. The van der Waals surface area contributed by atoms with Gasteiger partial charge in [-0.15, -0.1) is 11.3 Å². The molecule has 0 aliphatic heterocycles. The molecule has 0 unspecified atom stereocenters. The number of rotatable bonds is 5. The lowest BCUT2D eigenvalue weighted by molar-refractivity contribution is -0.116. The smallest absolute Gasteiger partial charge is 0.285 e. The van der Waals surface area contributed by atoms with Gasteiger partial charge in [0.05, 0.1) is 12.0 Å². The van der Waals surface area contributed by atoms with Crippen LogP contribution in [0.5, 0.6) is 0 Å². The van der Waals surface area contributed by atoms with E-state index < -0.39 is 5.91 Å². The van der Waals surface area contributed by atoms with Gasteiger partial charge in [0, 0.05) is 10.9 Å². The number of carbonyl (C=O) groups excluding carboxylic acids is 2. The highest BCUT2D eigenvalue weighted by atomic mass is 32.1. The fourth-order valence-corrected chi connectivity index (χ4v) is 3.49. The molecule has 3 rings (SSSR count). The van der Waals surface area contributed by atoms with Crippen molar-refractivity contribution in [1.82, 2.24) is 20.0 Å². The number of hydrazine groups is 1. The summed E-state index contributed by atoms with van der Waals surface area (Å²) >= 11 is 1.32. The van der Waals surface area contributed by atoms with Gasteiger partial charge in [-0.25, -0.2) is 15.8 Å². The number of nitrogens with two attached hydrogens (primary N) is 2. The van der Waals surface area contributed by atoms with Crippen LogP contribution in [0, 0.1) is 0 Å². The van der Waals surface area contributed by atoms with Crippen molar-refractivity contribution in [2.24, 2.45) is 5.84 Å². The van der Waals surface area contributed by atoms with E-state index in [4.69, 9.17) is 11.6 Å². The molecule has 3 aromatic rings. The molecule has 2 aromatic heterocycles. The van der Waals surface area contributed by atoms with Gasteiger partial charge in [-0.1, -0.05) is 45.0 Å². The van der Waals surface area contributed by atoms with Crippen molar-refractivity contribution in [1.29, 1.82) is 0 Å². The predicted molar refractivity (Wildman–Crippen MR) is 113 cm³/mol. The topological polar surface area (TPSA) is 141 Å². The molecule has 9 nitrogen and oxygen atoms in total. The molecule has 0 saturated heterocycles. The number of aromatic nitrogens is 3. The summed E-state index contributed by atoms with van der Waals surface area (Å²) in [6, 6.07) is 8.21. The quantitative estimate of drug-likeness (QED) is 0.287. The van der Waals surface area contributed by atoms with Crippen LogP contribution in [0.15, 0.2) is 36.0 Å². The molecule has 1 aromatic carbocycles. The number of hydrogen-bond donors (Lipinski definition) is 4. The highest BCUT2D eigenvalue weighted by molar-refractivity contribution is 7.14. The number of imidazole rings is 1. The van der Waals surface area contributed by atoms with E-state index in [0.717, 1.165) is 11.3 Å². The number of nitrogen functional groups attached to an aromatic ring is 2. The Bertz CT molecular complexity index is 1030. The third-order valence-corrected chi connectivity index (χ3v) is 5.08. The van der Waals surface area contributed by atoms with Crippen LogP contribution in [-0.2, 0) is 16.8 Å². The van der Waals surface area contributed by atoms with Crippen LogP contribution in [0.1, 0.15) is 36.8 Å². The largest absolute Gasteiger partial charge is 0.382 e. The maximum atomic E-state index is 12.4. The molecule has 0 bridgehead atoms. The molecule has 0 fully saturated rings. The Hall–Kier alpha value is -3.24. The second kappa shape index (κ2) is 8.02. The molecule has 2 amide bonds. The fourth-order valence-electron chi connectivity index (χ4n) is 2.75. The van der Waals surface area contributed by atoms with E-state index >= 15 is 0 Å². The molecule has 0 atom stereocenters. The van der Waals surface area contributed by atoms with Gasteiger partial charge in [0.2, 0.25) is 5.91 Å². The monoisotopic (exact) mass is 413 g/mol. The molecule has 0 spiro atoms. The lowest BCUT2D eigenvalue weighted by atomic mass is 9.86. The standard InChI is InChI=1S/C19H23N7O2S/c1-19(2,3)12-6-4-11(5-7-12)13-9-29-18(23-13)24-14(27)8-26-10-22-16(20)15(26)17(28)25-21/h4-7,9-10H,8,20-21H2,1-3H3,(H,25,28)(H,23,24,27). The Labute approximate surface area is 172 Å². The normalized spacial score (nSPS) is 11.3. The lowest BCUT2D eigenvalue weighted by Gasteiger charge is -2.18. The van der Waals surface area contributed by atoms with Gasteiger partial charge in [0.15, 0.2) is 16.6 Å². The minimum Gasteiger partial charge on any atom is -0.382 e. The molecule has 10 heteroatoms. The molecule has 0 aliphatic carbocycles. The van der Waals surface area contributed by atoms with Crippen LogP contribution in [0.4, 0.5) is 10.9 Å². The van der Waals surface area contributed by atoms with E-state index in [1.54, 1.807) is 0 Å². The first-order valence-electron chi connectivity index (χ1n) is 8.87. The Morgan fingerprint density at radius 1 is 1.21 bits per heavy atom. The first-order chi connectivity index (χ1) is 13.7. The molecule has 29 heavy (non-hydrogen) atoms. The van der Waals surface area contributed by atoms with Crippen LogP contribution in [0.25, 0.3) is 11.3 Å². The summed E-state index contributed by atoms with van der Waals surface area (Å²) in [6.45, 7) is 6.33. The zero-order valence-corrected chi connectivity index (χ0v) is 17.2. The molecule has 2 heterocycles. The minimum atomic E-state index is -0.622. The lowest BCUT2D eigenvalue weighted by Crippen LogP contribution is -2.33. The number of hydrogen-bond acceptors (Lipinski definition) is 7. The number of benzene rings is 1. The average Bonchev–Trinajstić information content (AvgIpc) is 3.27. The Kier molecular flexibility index (Phi) is 5.66. The van der Waals surface area contributed by atoms with Crippen molar-refractivity contribution in [2.75, 3.05) is 11.1 Å². The fraction of sp³-hybridized carbons (Fsp3) is 0.263. The van der Waals surface area contributed by atoms with Gasteiger partial charge in [-0.05, 0) is 11.0 Å². The zero-order chi connectivity index (χ0) is 21.2. The third-order valence-electron chi connectivity index (χ3n) is 4.32. The number of anilines is 2. The van der Waals surface area contributed by atoms with Crippen molar-refractivity contribution in [2.45, 2.75) is 32.7 Å². The van der Waals surface area contributed by atoms with Crippen LogP contribution in [-0.4, -0.2) is 26.3 Å². The predicted octanol–water partition coefficient (Wildman–Crippen LogP) is 2.13. The van der Waals surface area contributed by atoms with Crippen molar-refractivity contribution >= 4 is 34.1 Å². The summed E-state index contributed by atoms with van der Waals surface area (Å²) in [6.07, 6.45) is 1.31. The molecule has 152 valence electrons. The molecular formula is C19H23N7O2S. The van der Waals surface area contributed by atoms with Gasteiger partial charge in [-0.3, -0.25) is 15.0 Å². The molecule has 0 radical (unpaired) electrons. The van der Waals surface area contributed by atoms with Gasteiger partial charge in [-0.2, -0.15) is 0 Å². The van der Waals surface area contributed by atoms with Crippen LogP contribution in [0.2, 0.25) is 0 Å². The highest BCUT2D eigenvalue weighted by Gasteiger charge is 2.18. The molecular weight excluding hydrogens is 390 g/mol. The van der Waals surface area contributed by atoms with E-state index in [1.807, 2.05) is 22.9 Å². The number of thiazole rings is 1. The van der Waals surface area contributed by atoms with E-state index in [9.17, 15) is 9.59 Å². The van der Waals surface area contributed by atoms with Gasteiger partial charge >= 0.3 is 0 Å². The van der Waals surface area contributed by atoms with Gasteiger partial charge in [0.25, 0.3) is 5.91 Å². The van der Waals surface area contributed by atoms with E-state index in [0.29, 0.717) is 5.13 Å². The summed E-state index contributed by atoms with van der Waals surface area (Å²) in [4.78, 5) is 32.5. The highest BCUT2D eigenvalue weighted by Crippen LogP contribution is 2.28. The third kappa shape index (κ3) is 4.61. The second-order valence-corrected chi connectivity index (χ2v) is 8.35.